The standard InChI is InChI=1S/C15H19F2N3S2/c16-14(17)22-12-3-1-11(2-4-12)18-15(21)19-13-9-20-7-5-10(13)6-8-20/h1-4,10,13-14H,5-9H2,(H2,18,19,21)/t13-/m0/s1. The summed E-state index contributed by atoms with van der Waals surface area (Å²) in [7, 11) is 0. The first-order chi connectivity index (χ1) is 10.6. The zero-order chi connectivity index (χ0) is 15.5. The first-order valence-corrected chi connectivity index (χ1v) is 8.74. The second-order valence-corrected chi connectivity index (χ2v) is 7.22. The fourth-order valence-electron chi connectivity index (χ4n) is 3.18. The van der Waals surface area contributed by atoms with Gasteiger partial charge in [-0.15, -0.1) is 0 Å². The average Bonchev–Trinajstić information content (AvgIpc) is 2.50. The number of piperidine rings is 3. The number of alkyl halides is 2. The number of thiocarbonyl (C=S) groups is 1. The van der Waals surface area contributed by atoms with Gasteiger partial charge in [0, 0.05) is 23.2 Å². The highest BCUT2D eigenvalue weighted by Gasteiger charge is 2.34. The van der Waals surface area contributed by atoms with Crippen molar-refractivity contribution < 1.29 is 8.78 Å². The Bertz CT molecular complexity index is 516. The lowest BCUT2D eigenvalue weighted by molar-refractivity contribution is 0.0815. The first-order valence-electron chi connectivity index (χ1n) is 7.45. The van der Waals surface area contributed by atoms with Gasteiger partial charge in [0.2, 0.25) is 0 Å². The Morgan fingerprint density at radius 3 is 2.45 bits per heavy atom. The van der Waals surface area contributed by atoms with Crippen LogP contribution in [0.5, 0.6) is 0 Å². The van der Waals surface area contributed by atoms with Gasteiger partial charge in [-0.2, -0.15) is 8.78 Å². The van der Waals surface area contributed by atoms with Gasteiger partial charge in [0.05, 0.1) is 0 Å². The van der Waals surface area contributed by atoms with Crippen LogP contribution in [0.1, 0.15) is 12.8 Å². The van der Waals surface area contributed by atoms with Gasteiger partial charge in [-0.1, -0.05) is 11.8 Å². The van der Waals surface area contributed by atoms with Crippen LogP contribution in [0.3, 0.4) is 0 Å². The predicted octanol–water partition coefficient (Wildman–Crippen LogP) is 3.38. The van der Waals surface area contributed by atoms with Crippen LogP contribution in [-0.4, -0.2) is 41.4 Å². The van der Waals surface area contributed by atoms with Gasteiger partial charge in [-0.3, -0.25) is 0 Å². The lowest BCUT2D eigenvalue weighted by Crippen LogP contribution is -2.57. The number of hydrogen-bond acceptors (Lipinski definition) is 3. The molecule has 2 N–H and O–H groups in total. The molecule has 3 aliphatic rings. The molecule has 0 radical (unpaired) electrons. The zero-order valence-corrected chi connectivity index (χ0v) is 13.7. The van der Waals surface area contributed by atoms with Crippen LogP contribution in [0.25, 0.3) is 0 Å². The average molecular weight is 343 g/mol. The Balaban J connectivity index is 1.51. The molecule has 0 spiro atoms. The van der Waals surface area contributed by atoms with E-state index in [4.69, 9.17) is 12.2 Å². The fraction of sp³-hybridized carbons (Fsp3) is 0.533. The fourth-order valence-corrected chi connectivity index (χ4v) is 3.95. The van der Waals surface area contributed by atoms with E-state index >= 15 is 0 Å². The minimum atomic E-state index is -2.39. The highest BCUT2D eigenvalue weighted by Crippen LogP contribution is 2.28. The third-order valence-corrected chi connectivity index (χ3v) is 5.25. The molecule has 3 saturated heterocycles. The molecule has 1 atom stereocenters. The lowest BCUT2D eigenvalue weighted by Gasteiger charge is -2.45. The highest BCUT2D eigenvalue weighted by molar-refractivity contribution is 7.99. The molecule has 4 rings (SSSR count). The van der Waals surface area contributed by atoms with Crippen molar-refractivity contribution in [3.8, 4) is 0 Å². The van der Waals surface area contributed by atoms with Gasteiger partial charge < -0.3 is 15.5 Å². The monoisotopic (exact) mass is 343 g/mol. The largest absolute Gasteiger partial charge is 0.358 e. The van der Waals surface area contributed by atoms with Crippen molar-refractivity contribution in [3.63, 3.8) is 0 Å². The number of benzene rings is 1. The Hall–Kier alpha value is -0.920. The van der Waals surface area contributed by atoms with Gasteiger partial charge >= 0.3 is 0 Å². The van der Waals surface area contributed by atoms with Crippen molar-refractivity contribution in [1.82, 2.24) is 10.2 Å². The summed E-state index contributed by atoms with van der Waals surface area (Å²) in [6, 6.07) is 7.31. The Labute approximate surface area is 138 Å². The SMILES string of the molecule is FC(F)Sc1ccc(NC(=S)N[C@H]2CN3CCC2CC3)cc1. The van der Waals surface area contributed by atoms with E-state index in [9.17, 15) is 8.78 Å². The van der Waals surface area contributed by atoms with Crippen LogP contribution in [0.2, 0.25) is 0 Å². The molecule has 3 nitrogen and oxygen atoms in total. The summed E-state index contributed by atoms with van der Waals surface area (Å²) in [5, 5.41) is 7.14. The number of hydrogen-bond donors (Lipinski definition) is 2. The number of anilines is 1. The molecule has 2 bridgehead atoms. The molecule has 3 fully saturated rings. The second-order valence-electron chi connectivity index (χ2n) is 5.75. The number of rotatable bonds is 4. The summed E-state index contributed by atoms with van der Waals surface area (Å²) in [4.78, 5) is 3.02. The highest BCUT2D eigenvalue weighted by atomic mass is 32.2. The van der Waals surface area contributed by atoms with E-state index in [2.05, 4.69) is 15.5 Å². The lowest BCUT2D eigenvalue weighted by atomic mass is 9.84. The first kappa shape index (κ1) is 16.0. The van der Waals surface area contributed by atoms with E-state index in [1.807, 2.05) is 0 Å². The second kappa shape index (κ2) is 7.10. The van der Waals surface area contributed by atoms with Crippen molar-refractivity contribution in [3.05, 3.63) is 24.3 Å². The molecule has 1 aromatic rings. The van der Waals surface area contributed by atoms with Crippen molar-refractivity contribution >= 4 is 34.8 Å². The van der Waals surface area contributed by atoms with Crippen LogP contribution in [-0.2, 0) is 0 Å². The van der Waals surface area contributed by atoms with E-state index in [0.717, 1.165) is 12.2 Å². The third-order valence-electron chi connectivity index (χ3n) is 4.31. The molecule has 120 valence electrons. The Kier molecular flexibility index (Phi) is 5.15. The molecule has 0 saturated carbocycles. The molecule has 3 aliphatic heterocycles. The van der Waals surface area contributed by atoms with Gasteiger partial charge in [0.1, 0.15) is 0 Å². The maximum atomic E-state index is 12.3. The summed E-state index contributed by atoms with van der Waals surface area (Å²) < 4.78 is 24.6. The molecule has 0 aliphatic carbocycles. The van der Waals surface area contributed by atoms with E-state index in [0.29, 0.717) is 33.7 Å². The summed E-state index contributed by atoms with van der Waals surface area (Å²) in [6.07, 6.45) is 2.47. The minimum Gasteiger partial charge on any atom is -0.358 e. The van der Waals surface area contributed by atoms with Crippen molar-refractivity contribution in [2.45, 2.75) is 29.5 Å². The molecule has 22 heavy (non-hydrogen) atoms. The quantitative estimate of drug-likeness (QED) is 0.646. The van der Waals surface area contributed by atoms with Gasteiger partial charge in [-0.05, 0) is 68.3 Å². The summed E-state index contributed by atoms with van der Waals surface area (Å²) in [5.74, 6) is -1.69. The van der Waals surface area contributed by atoms with Gasteiger partial charge in [-0.25, -0.2) is 0 Å². The van der Waals surface area contributed by atoms with E-state index in [1.165, 1.54) is 25.9 Å². The normalized spacial score (nSPS) is 27.0. The molecule has 3 heterocycles. The predicted molar refractivity (Wildman–Crippen MR) is 90.6 cm³/mol. The molecule has 1 aromatic carbocycles. The van der Waals surface area contributed by atoms with Crippen LogP contribution in [0.4, 0.5) is 14.5 Å². The molecular formula is C15H19F2N3S2. The maximum absolute atomic E-state index is 12.3. The molecular weight excluding hydrogens is 324 g/mol. The minimum absolute atomic E-state index is 0.413. The van der Waals surface area contributed by atoms with E-state index < -0.39 is 5.76 Å². The smallest absolute Gasteiger partial charge is 0.288 e. The summed E-state index contributed by atoms with van der Waals surface area (Å²) in [5.41, 5.74) is 0.817. The molecule has 0 aromatic heterocycles. The Morgan fingerprint density at radius 2 is 1.91 bits per heavy atom. The number of halogens is 2. The summed E-state index contributed by atoms with van der Waals surface area (Å²) in [6.45, 7) is 3.45. The maximum Gasteiger partial charge on any atom is 0.288 e. The molecule has 0 amide bonds. The van der Waals surface area contributed by atoms with Crippen LogP contribution < -0.4 is 10.6 Å². The van der Waals surface area contributed by atoms with Crippen LogP contribution >= 0.6 is 24.0 Å². The number of thioether (sulfide) groups is 1. The van der Waals surface area contributed by atoms with Crippen molar-refractivity contribution in [2.24, 2.45) is 5.92 Å². The molecule has 0 unspecified atom stereocenters. The molecule has 7 heteroatoms. The van der Waals surface area contributed by atoms with E-state index in [1.54, 1.807) is 24.3 Å². The number of fused-ring (bicyclic) bond motifs is 3. The van der Waals surface area contributed by atoms with Crippen LogP contribution in [0, 0.1) is 5.92 Å². The van der Waals surface area contributed by atoms with Crippen molar-refractivity contribution in [1.29, 1.82) is 0 Å². The third kappa shape index (κ3) is 4.08. The van der Waals surface area contributed by atoms with Crippen LogP contribution in [0.15, 0.2) is 29.2 Å². The van der Waals surface area contributed by atoms with Gasteiger partial charge in [0.25, 0.3) is 5.76 Å². The zero-order valence-electron chi connectivity index (χ0n) is 12.1. The van der Waals surface area contributed by atoms with Crippen molar-refractivity contribution in [2.75, 3.05) is 25.0 Å². The topological polar surface area (TPSA) is 27.3 Å². The summed E-state index contributed by atoms with van der Waals surface area (Å²) >= 11 is 5.92. The number of nitrogens with one attached hydrogen (secondary N) is 2. The number of nitrogens with zero attached hydrogens (tertiary/aromatic N) is 1. The van der Waals surface area contributed by atoms with E-state index in [-0.39, 0.29) is 0 Å². The van der Waals surface area contributed by atoms with Gasteiger partial charge in [0.15, 0.2) is 5.11 Å². The Morgan fingerprint density at radius 1 is 1.23 bits per heavy atom.